The van der Waals surface area contributed by atoms with Crippen LogP contribution in [0.1, 0.15) is 29.8 Å². The average Bonchev–Trinajstić information content (AvgIpc) is 2.47. The first kappa shape index (κ1) is 13.9. The minimum atomic E-state index is -4.45. The van der Waals surface area contributed by atoms with Crippen LogP contribution in [0.5, 0.6) is 0 Å². The van der Waals surface area contributed by atoms with E-state index in [4.69, 9.17) is 0 Å². The normalized spacial score (nSPS) is 18.5. The highest BCUT2D eigenvalue weighted by molar-refractivity contribution is 5.43. The molecule has 1 aromatic carbocycles. The standard InChI is InChI=1S/C15H14F3N3/c1-10-12-5-3-2-4-11(12)7-9-21(10)14-19-8-6-13(20-14)15(16,17)18/h2-6,8,10H,7,9H2,1H3. The second-order valence-electron chi connectivity index (χ2n) is 5.06. The van der Waals surface area contributed by atoms with Crippen molar-refractivity contribution in [3.63, 3.8) is 0 Å². The maximum atomic E-state index is 12.8. The molecule has 0 amide bonds. The summed E-state index contributed by atoms with van der Waals surface area (Å²) < 4.78 is 38.3. The number of nitrogens with zero attached hydrogens (tertiary/aromatic N) is 3. The summed E-state index contributed by atoms with van der Waals surface area (Å²) in [6, 6.07) is 8.81. The van der Waals surface area contributed by atoms with Crippen LogP contribution < -0.4 is 4.90 Å². The summed E-state index contributed by atoms with van der Waals surface area (Å²) in [6.45, 7) is 2.57. The summed E-state index contributed by atoms with van der Waals surface area (Å²) in [6.07, 6.45) is -2.51. The van der Waals surface area contributed by atoms with Crippen molar-refractivity contribution in [1.29, 1.82) is 0 Å². The molecule has 0 N–H and O–H groups in total. The number of fused-ring (bicyclic) bond motifs is 1. The maximum Gasteiger partial charge on any atom is 0.433 e. The van der Waals surface area contributed by atoms with Crippen molar-refractivity contribution < 1.29 is 13.2 Å². The smallest absolute Gasteiger partial charge is 0.334 e. The fraction of sp³-hybridized carbons (Fsp3) is 0.333. The molecule has 21 heavy (non-hydrogen) atoms. The Bertz CT molecular complexity index is 655. The molecule has 1 unspecified atom stereocenters. The third-order valence-electron chi connectivity index (χ3n) is 3.78. The topological polar surface area (TPSA) is 29.0 Å². The zero-order chi connectivity index (χ0) is 15.0. The molecule has 1 aliphatic heterocycles. The molecule has 2 aromatic rings. The molecule has 3 nitrogen and oxygen atoms in total. The number of benzene rings is 1. The van der Waals surface area contributed by atoms with Gasteiger partial charge in [0, 0.05) is 12.7 Å². The van der Waals surface area contributed by atoms with Crippen molar-refractivity contribution in [3.8, 4) is 0 Å². The van der Waals surface area contributed by atoms with Gasteiger partial charge in [-0.1, -0.05) is 24.3 Å². The summed E-state index contributed by atoms with van der Waals surface area (Å²) in [5.74, 6) is 0.131. The molecule has 1 aliphatic rings. The third-order valence-corrected chi connectivity index (χ3v) is 3.78. The van der Waals surface area contributed by atoms with E-state index in [0.717, 1.165) is 18.1 Å². The molecule has 0 aliphatic carbocycles. The van der Waals surface area contributed by atoms with Crippen LogP contribution in [0.2, 0.25) is 0 Å². The van der Waals surface area contributed by atoms with Crippen LogP contribution in [0.25, 0.3) is 0 Å². The third kappa shape index (κ3) is 2.57. The SMILES string of the molecule is CC1c2ccccc2CCN1c1nccc(C(F)(F)F)n1. The molecule has 0 saturated heterocycles. The van der Waals surface area contributed by atoms with Crippen LogP contribution in [0.3, 0.4) is 0 Å². The molecular weight excluding hydrogens is 279 g/mol. The monoisotopic (exact) mass is 293 g/mol. The van der Waals surface area contributed by atoms with Gasteiger partial charge < -0.3 is 4.90 Å². The number of hydrogen-bond donors (Lipinski definition) is 0. The highest BCUT2D eigenvalue weighted by Gasteiger charge is 2.34. The first-order valence-corrected chi connectivity index (χ1v) is 6.71. The Labute approximate surface area is 120 Å². The predicted molar refractivity (Wildman–Crippen MR) is 72.9 cm³/mol. The van der Waals surface area contributed by atoms with E-state index in [1.165, 1.54) is 11.8 Å². The van der Waals surface area contributed by atoms with E-state index in [2.05, 4.69) is 16.0 Å². The van der Waals surface area contributed by atoms with Crippen LogP contribution in [0.15, 0.2) is 36.5 Å². The van der Waals surface area contributed by atoms with E-state index in [0.29, 0.717) is 6.54 Å². The number of halogens is 3. The molecular formula is C15H14F3N3. The Morgan fingerprint density at radius 3 is 2.71 bits per heavy atom. The fourth-order valence-electron chi connectivity index (χ4n) is 2.69. The van der Waals surface area contributed by atoms with Gasteiger partial charge in [0.1, 0.15) is 5.69 Å². The van der Waals surface area contributed by atoms with Gasteiger partial charge >= 0.3 is 6.18 Å². The van der Waals surface area contributed by atoms with Crippen molar-refractivity contribution in [3.05, 3.63) is 53.3 Å². The van der Waals surface area contributed by atoms with Gasteiger partial charge in [-0.15, -0.1) is 0 Å². The minimum Gasteiger partial charge on any atom is -0.334 e. The molecule has 110 valence electrons. The largest absolute Gasteiger partial charge is 0.433 e. The van der Waals surface area contributed by atoms with E-state index < -0.39 is 11.9 Å². The Balaban J connectivity index is 1.96. The van der Waals surface area contributed by atoms with Crippen molar-refractivity contribution >= 4 is 5.95 Å². The molecule has 6 heteroatoms. The summed E-state index contributed by atoms with van der Waals surface area (Å²) >= 11 is 0. The first-order chi connectivity index (χ1) is 9.97. The number of hydrogen-bond acceptors (Lipinski definition) is 3. The molecule has 0 fully saturated rings. The van der Waals surface area contributed by atoms with Crippen LogP contribution >= 0.6 is 0 Å². The van der Waals surface area contributed by atoms with E-state index in [1.807, 2.05) is 30.0 Å². The molecule has 0 bridgehead atoms. The van der Waals surface area contributed by atoms with Crippen LogP contribution in [-0.2, 0) is 12.6 Å². The lowest BCUT2D eigenvalue weighted by Gasteiger charge is -2.35. The van der Waals surface area contributed by atoms with Gasteiger partial charge in [0.05, 0.1) is 6.04 Å². The second kappa shape index (κ2) is 5.02. The van der Waals surface area contributed by atoms with Gasteiger partial charge in [-0.3, -0.25) is 0 Å². The zero-order valence-electron chi connectivity index (χ0n) is 11.4. The zero-order valence-corrected chi connectivity index (χ0v) is 11.4. The average molecular weight is 293 g/mol. The number of aromatic nitrogens is 2. The number of anilines is 1. The molecule has 1 atom stereocenters. The highest BCUT2D eigenvalue weighted by Crippen LogP contribution is 2.33. The van der Waals surface area contributed by atoms with Crippen LogP contribution in [0.4, 0.5) is 19.1 Å². The van der Waals surface area contributed by atoms with Gasteiger partial charge in [-0.2, -0.15) is 13.2 Å². The van der Waals surface area contributed by atoms with Crippen LogP contribution in [0, 0.1) is 0 Å². The van der Waals surface area contributed by atoms with Crippen molar-refractivity contribution in [1.82, 2.24) is 9.97 Å². The van der Waals surface area contributed by atoms with E-state index in [-0.39, 0.29) is 12.0 Å². The highest BCUT2D eigenvalue weighted by atomic mass is 19.4. The molecule has 1 aromatic heterocycles. The second-order valence-corrected chi connectivity index (χ2v) is 5.06. The van der Waals surface area contributed by atoms with E-state index in [1.54, 1.807) is 0 Å². The Morgan fingerprint density at radius 2 is 1.95 bits per heavy atom. The van der Waals surface area contributed by atoms with E-state index >= 15 is 0 Å². The van der Waals surface area contributed by atoms with E-state index in [9.17, 15) is 13.2 Å². The summed E-state index contributed by atoms with van der Waals surface area (Å²) in [5, 5.41) is 0. The van der Waals surface area contributed by atoms with Gasteiger partial charge in [-0.25, -0.2) is 9.97 Å². The van der Waals surface area contributed by atoms with Crippen molar-refractivity contribution in [2.75, 3.05) is 11.4 Å². The van der Waals surface area contributed by atoms with Crippen LogP contribution in [-0.4, -0.2) is 16.5 Å². The molecule has 0 saturated carbocycles. The molecule has 2 heterocycles. The Morgan fingerprint density at radius 1 is 1.19 bits per heavy atom. The van der Waals surface area contributed by atoms with Gasteiger partial charge in [0.2, 0.25) is 5.95 Å². The molecule has 3 rings (SSSR count). The lowest BCUT2D eigenvalue weighted by atomic mass is 9.94. The first-order valence-electron chi connectivity index (χ1n) is 6.71. The quantitative estimate of drug-likeness (QED) is 0.804. The Hall–Kier alpha value is -2.11. The summed E-state index contributed by atoms with van der Waals surface area (Å²) in [7, 11) is 0. The number of alkyl halides is 3. The van der Waals surface area contributed by atoms with Gasteiger partial charge in [-0.05, 0) is 30.5 Å². The Kier molecular flexibility index (Phi) is 3.31. The van der Waals surface area contributed by atoms with Crippen molar-refractivity contribution in [2.24, 2.45) is 0 Å². The van der Waals surface area contributed by atoms with Crippen molar-refractivity contribution in [2.45, 2.75) is 25.6 Å². The maximum absolute atomic E-state index is 12.8. The lowest BCUT2D eigenvalue weighted by Crippen LogP contribution is -2.35. The van der Waals surface area contributed by atoms with Gasteiger partial charge in [0.25, 0.3) is 0 Å². The van der Waals surface area contributed by atoms with Gasteiger partial charge in [0.15, 0.2) is 0 Å². The minimum absolute atomic E-state index is 0.0431. The summed E-state index contributed by atoms with van der Waals surface area (Å²) in [5.41, 5.74) is 1.44. The lowest BCUT2D eigenvalue weighted by molar-refractivity contribution is -0.141. The predicted octanol–water partition coefficient (Wildman–Crippen LogP) is 3.62. The summed E-state index contributed by atoms with van der Waals surface area (Å²) in [4.78, 5) is 9.51. The number of rotatable bonds is 1. The molecule has 0 radical (unpaired) electrons. The molecule has 0 spiro atoms. The fourth-order valence-corrected chi connectivity index (χ4v) is 2.69.